The monoisotopic (exact) mass is 236 g/mol. The SMILES string of the molecule is CCC(C)c1ccc(C[N+](C)(C)CCO)cc1. The van der Waals surface area contributed by atoms with Gasteiger partial charge in [-0.3, -0.25) is 0 Å². The normalized spacial score (nSPS) is 13.7. The lowest BCUT2D eigenvalue weighted by molar-refractivity contribution is -0.903. The van der Waals surface area contributed by atoms with Gasteiger partial charge in [-0.15, -0.1) is 0 Å². The van der Waals surface area contributed by atoms with Gasteiger partial charge in [0.25, 0.3) is 0 Å². The topological polar surface area (TPSA) is 20.2 Å². The second kappa shape index (κ2) is 6.18. The zero-order valence-electron chi connectivity index (χ0n) is 11.6. The summed E-state index contributed by atoms with van der Waals surface area (Å²) in [6.07, 6.45) is 1.19. The first-order chi connectivity index (χ1) is 7.98. The Morgan fingerprint density at radius 2 is 1.76 bits per heavy atom. The van der Waals surface area contributed by atoms with Crippen LogP contribution in [0.2, 0.25) is 0 Å². The molecule has 2 heteroatoms. The standard InChI is InChI=1S/C15H26NO/c1-5-13(2)15-8-6-14(7-9-15)12-16(3,4)10-11-17/h6-9,13,17H,5,10-12H2,1-4H3/q+1. The number of benzene rings is 1. The van der Waals surface area contributed by atoms with Gasteiger partial charge in [0.15, 0.2) is 0 Å². The Labute approximate surface area is 105 Å². The number of aliphatic hydroxyl groups is 1. The number of rotatable bonds is 6. The summed E-state index contributed by atoms with van der Waals surface area (Å²) in [5.74, 6) is 0.643. The molecule has 1 rings (SSSR count). The van der Waals surface area contributed by atoms with Gasteiger partial charge in [0, 0.05) is 5.56 Å². The number of likely N-dealkylation sites (N-methyl/N-ethyl adjacent to an activating group) is 1. The molecule has 0 amide bonds. The summed E-state index contributed by atoms with van der Waals surface area (Å²) in [4.78, 5) is 0. The lowest BCUT2D eigenvalue weighted by Crippen LogP contribution is -2.41. The zero-order chi connectivity index (χ0) is 12.9. The Morgan fingerprint density at radius 1 is 1.18 bits per heavy atom. The van der Waals surface area contributed by atoms with Gasteiger partial charge in [0.05, 0.1) is 20.7 Å². The summed E-state index contributed by atoms with van der Waals surface area (Å²) in [6.45, 7) is 6.51. The van der Waals surface area contributed by atoms with Gasteiger partial charge in [-0.05, 0) is 17.9 Å². The van der Waals surface area contributed by atoms with E-state index in [0.717, 1.165) is 17.6 Å². The smallest absolute Gasteiger partial charge is 0.104 e. The Bertz CT molecular complexity index is 329. The van der Waals surface area contributed by atoms with E-state index in [1.165, 1.54) is 17.5 Å². The third-order valence-electron chi connectivity index (χ3n) is 3.48. The molecule has 0 aromatic heterocycles. The van der Waals surface area contributed by atoms with Gasteiger partial charge in [0.2, 0.25) is 0 Å². The van der Waals surface area contributed by atoms with Crippen LogP contribution >= 0.6 is 0 Å². The van der Waals surface area contributed by atoms with E-state index >= 15 is 0 Å². The van der Waals surface area contributed by atoms with Gasteiger partial charge < -0.3 is 9.59 Å². The summed E-state index contributed by atoms with van der Waals surface area (Å²) >= 11 is 0. The van der Waals surface area contributed by atoms with Crippen LogP contribution in [0.1, 0.15) is 37.3 Å². The molecule has 0 aliphatic heterocycles. The van der Waals surface area contributed by atoms with E-state index < -0.39 is 0 Å². The summed E-state index contributed by atoms with van der Waals surface area (Å²) in [7, 11) is 4.30. The Hall–Kier alpha value is -0.860. The fraction of sp³-hybridized carbons (Fsp3) is 0.600. The van der Waals surface area contributed by atoms with Crippen molar-refractivity contribution in [2.75, 3.05) is 27.2 Å². The first kappa shape index (κ1) is 14.2. The van der Waals surface area contributed by atoms with Crippen molar-refractivity contribution in [2.24, 2.45) is 0 Å². The zero-order valence-corrected chi connectivity index (χ0v) is 11.6. The molecule has 2 nitrogen and oxygen atoms in total. The van der Waals surface area contributed by atoms with Crippen molar-refractivity contribution in [3.8, 4) is 0 Å². The highest BCUT2D eigenvalue weighted by Crippen LogP contribution is 2.19. The van der Waals surface area contributed by atoms with Gasteiger partial charge in [0.1, 0.15) is 13.1 Å². The molecule has 1 aromatic rings. The highest BCUT2D eigenvalue weighted by Gasteiger charge is 2.14. The molecule has 1 unspecified atom stereocenters. The molecule has 0 aliphatic carbocycles. The predicted octanol–water partition coefficient (Wildman–Crippen LogP) is 2.77. The molecule has 0 saturated heterocycles. The van der Waals surface area contributed by atoms with E-state index in [1.54, 1.807) is 0 Å². The summed E-state index contributed by atoms with van der Waals surface area (Å²) < 4.78 is 0.833. The molecule has 0 saturated carbocycles. The Kier molecular flexibility index (Phi) is 5.16. The van der Waals surface area contributed by atoms with Crippen molar-refractivity contribution in [3.05, 3.63) is 35.4 Å². The third kappa shape index (κ3) is 4.49. The van der Waals surface area contributed by atoms with Crippen LogP contribution < -0.4 is 0 Å². The van der Waals surface area contributed by atoms with E-state index in [1.807, 2.05) is 0 Å². The molecule has 1 aromatic carbocycles. The van der Waals surface area contributed by atoms with Crippen molar-refractivity contribution in [3.63, 3.8) is 0 Å². The molecule has 1 N–H and O–H groups in total. The van der Waals surface area contributed by atoms with Gasteiger partial charge in [-0.1, -0.05) is 38.1 Å². The number of nitrogens with zero attached hydrogens (tertiary/aromatic N) is 1. The molecule has 0 radical (unpaired) electrons. The average Bonchev–Trinajstić information content (AvgIpc) is 2.28. The molecule has 1 atom stereocenters. The minimum absolute atomic E-state index is 0.248. The van der Waals surface area contributed by atoms with Crippen molar-refractivity contribution >= 4 is 0 Å². The van der Waals surface area contributed by atoms with Crippen LogP contribution in [0.3, 0.4) is 0 Å². The number of aliphatic hydroxyl groups excluding tert-OH is 1. The molecule has 96 valence electrons. The fourth-order valence-electron chi connectivity index (χ4n) is 2.03. The second-order valence-corrected chi connectivity index (χ2v) is 5.59. The number of hydrogen-bond acceptors (Lipinski definition) is 1. The maximum absolute atomic E-state index is 9.01. The molecule has 0 spiro atoms. The summed E-state index contributed by atoms with van der Waals surface area (Å²) in [5.41, 5.74) is 2.76. The van der Waals surface area contributed by atoms with Crippen LogP contribution in [0.25, 0.3) is 0 Å². The largest absolute Gasteiger partial charge is 0.391 e. The first-order valence-electron chi connectivity index (χ1n) is 6.50. The van der Waals surface area contributed by atoms with Gasteiger partial charge in [-0.2, -0.15) is 0 Å². The van der Waals surface area contributed by atoms with Gasteiger partial charge >= 0.3 is 0 Å². The maximum Gasteiger partial charge on any atom is 0.104 e. The van der Waals surface area contributed by atoms with Crippen molar-refractivity contribution in [1.29, 1.82) is 0 Å². The maximum atomic E-state index is 9.01. The lowest BCUT2D eigenvalue weighted by atomic mass is 9.97. The third-order valence-corrected chi connectivity index (χ3v) is 3.48. The molecule has 0 aliphatic rings. The van der Waals surface area contributed by atoms with Gasteiger partial charge in [-0.25, -0.2) is 0 Å². The van der Waals surface area contributed by atoms with Crippen molar-refractivity contribution < 1.29 is 9.59 Å². The van der Waals surface area contributed by atoms with Crippen LogP contribution in [-0.4, -0.2) is 36.8 Å². The first-order valence-corrected chi connectivity index (χ1v) is 6.50. The Balaban J connectivity index is 2.68. The summed E-state index contributed by atoms with van der Waals surface area (Å²) in [5, 5.41) is 9.01. The number of hydrogen-bond donors (Lipinski definition) is 1. The van der Waals surface area contributed by atoms with E-state index in [0.29, 0.717) is 5.92 Å². The van der Waals surface area contributed by atoms with Crippen LogP contribution in [0.5, 0.6) is 0 Å². The van der Waals surface area contributed by atoms with E-state index in [-0.39, 0.29) is 6.61 Å². The Morgan fingerprint density at radius 3 is 2.24 bits per heavy atom. The fourth-order valence-corrected chi connectivity index (χ4v) is 2.03. The molecule has 0 heterocycles. The van der Waals surface area contributed by atoms with Crippen LogP contribution in [-0.2, 0) is 6.54 Å². The molecular weight excluding hydrogens is 210 g/mol. The quantitative estimate of drug-likeness (QED) is 0.753. The highest BCUT2D eigenvalue weighted by molar-refractivity contribution is 5.24. The minimum atomic E-state index is 0.248. The average molecular weight is 236 g/mol. The predicted molar refractivity (Wildman–Crippen MR) is 72.9 cm³/mol. The van der Waals surface area contributed by atoms with E-state index in [9.17, 15) is 0 Å². The number of quaternary nitrogens is 1. The molecule has 0 bridgehead atoms. The summed E-state index contributed by atoms with van der Waals surface area (Å²) in [6, 6.07) is 8.92. The lowest BCUT2D eigenvalue weighted by Gasteiger charge is -2.29. The van der Waals surface area contributed by atoms with Crippen LogP contribution in [0, 0.1) is 0 Å². The second-order valence-electron chi connectivity index (χ2n) is 5.59. The molecule has 17 heavy (non-hydrogen) atoms. The van der Waals surface area contributed by atoms with Crippen molar-refractivity contribution in [2.45, 2.75) is 32.7 Å². The van der Waals surface area contributed by atoms with Crippen LogP contribution in [0.15, 0.2) is 24.3 Å². The highest BCUT2D eigenvalue weighted by atomic mass is 16.3. The van der Waals surface area contributed by atoms with E-state index in [4.69, 9.17) is 5.11 Å². The molecule has 0 fully saturated rings. The van der Waals surface area contributed by atoms with E-state index in [2.05, 4.69) is 52.2 Å². The minimum Gasteiger partial charge on any atom is -0.391 e. The van der Waals surface area contributed by atoms with Crippen molar-refractivity contribution in [1.82, 2.24) is 0 Å². The molecular formula is C15H26NO+. The van der Waals surface area contributed by atoms with Crippen LogP contribution in [0.4, 0.5) is 0 Å².